The van der Waals surface area contributed by atoms with Crippen LogP contribution in [0.5, 0.6) is 5.75 Å². The summed E-state index contributed by atoms with van der Waals surface area (Å²) in [6.45, 7) is 0.708. The molecule has 15 heavy (non-hydrogen) atoms. The van der Waals surface area contributed by atoms with Gasteiger partial charge in [0, 0.05) is 12.0 Å². The molecule has 0 aromatic heterocycles. The third kappa shape index (κ3) is 1.20. The van der Waals surface area contributed by atoms with E-state index >= 15 is 0 Å². The topological polar surface area (TPSA) is 38.7 Å². The van der Waals surface area contributed by atoms with E-state index < -0.39 is 0 Å². The van der Waals surface area contributed by atoms with Gasteiger partial charge in [-0.3, -0.25) is 0 Å². The third-order valence-corrected chi connectivity index (χ3v) is 3.20. The van der Waals surface area contributed by atoms with Crippen LogP contribution in [-0.4, -0.2) is 12.7 Å². The van der Waals surface area contributed by atoms with E-state index in [1.165, 1.54) is 11.1 Å². The van der Waals surface area contributed by atoms with Crippen LogP contribution in [0, 0.1) is 0 Å². The second-order valence-electron chi connectivity index (χ2n) is 3.99. The zero-order chi connectivity index (χ0) is 10.3. The number of isocyanates is 1. The molecule has 1 aromatic carbocycles. The van der Waals surface area contributed by atoms with E-state index in [-0.39, 0.29) is 0 Å². The van der Waals surface area contributed by atoms with E-state index in [2.05, 4.69) is 11.1 Å². The molecule has 1 aliphatic heterocycles. The molecule has 3 nitrogen and oxygen atoms in total. The maximum absolute atomic E-state index is 10.4. The van der Waals surface area contributed by atoms with Crippen LogP contribution in [0.25, 0.3) is 0 Å². The number of fused-ring (bicyclic) bond motifs is 2. The SMILES string of the molecule is O=C=Nc1c2c(cc3c1CCO3)CCC2. The van der Waals surface area contributed by atoms with E-state index in [0.29, 0.717) is 6.61 Å². The lowest BCUT2D eigenvalue weighted by Crippen LogP contribution is -1.88. The highest BCUT2D eigenvalue weighted by Crippen LogP contribution is 2.42. The van der Waals surface area contributed by atoms with Gasteiger partial charge in [-0.25, -0.2) is 4.79 Å². The van der Waals surface area contributed by atoms with E-state index in [1.54, 1.807) is 6.08 Å². The summed E-state index contributed by atoms with van der Waals surface area (Å²) in [6.07, 6.45) is 5.79. The first-order valence-electron chi connectivity index (χ1n) is 5.28. The fraction of sp³-hybridized carbons (Fsp3) is 0.417. The molecule has 0 amide bonds. The van der Waals surface area contributed by atoms with Gasteiger partial charge >= 0.3 is 0 Å². The van der Waals surface area contributed by atoms with Gasteiger partial charge in [0.1, 0.15) is 5.75 Å². The Balaban J connectivity index is 2.29. The quantitative estimate of drug-likeness (QED) is 0.515. The number of aliphatic imine (C=N–C) groups is 1. The van der Waals surface area contributed by atoms with Gasteiger partial charge in [-0.2, -0.15) is 4.99 Å². The van der Waals surface area contributed by atoms with Gasteiger partial charge in [0.15, 0.2) is 0 Å². The molecule has 0 spiro atoms. The van der Waals surface area contributed by atoms with E-state index in [1.807, 2.05) is 0 Å². The van der Waals surface area contributed by atoms with Crippen LogP contribution in [-0.2, 0) is 24.1 Å². The number of ether oxygens (including phenoxy) is 1. The van der Waals surface area contributed by atoms with Crippen LogP contribution in [0.1, 0.15) is 23.1 Å². The summed E-state index contributed by atoms with van der Waals surface area (Å²) in [7, 11) is 0. The van der Waals surface area contributed by atoms with Crippen molar-refractivity contribution in [3.63, 3.8) is 0 Å². The fourth-order valence-corrected chi connectivity index (χ4v) is 2.56. The molecular formula is C12H11NO2. The van der Waals surface area contributed by atoms with Crippen molar-refractivity contribution in [2.75, 3.05) is 6.61 Å². The molecule has 0 N–H and O–H groups in total. The maximum atomic E-state index is 10.4. The standard InChI is InChI=1S/C12H11NO2/c14-7-13-12-9-3-1-2-8(9)6-11-10(12)4-5-15-11/h6H,1-5H2. The van der Waals surface area contributed by atoms with E-state index in [0.717, 1.165) is 42.7 Å². The van der Waals surface area contributed by atoms with Gasteiger partial charge in [-0.15, -0.1) is 0 Å². The molecule has 0 bridgehead atoms. The number of benzene rings is 1. The van der Waals surface area contributed by atoms with Gasteiger partial charge in [0.2, 0.25) is 6.08 Å². The Morgan fingerprint density at radius 2 is 2.20 bits per heavy atom. The smallest absolute Gasteiger partial charge is 0.240 e. The average Bonchev–Trinajstić information content (AvgIpc) is 2.84. The predicted octanol–water partition coefficient (Wildman–Crippen LogP) is 2.08. The first-order chi connectivity index (χ1) is 7.40. The minimum absolute atomic E-state index is 0.708. The number of carbonyl (C=O) groups excluding carboxylic acids is 1. The second kappa shape index (κ2) is 3.21. The molecule has 76 valence electrons. The molecule has 1 aromatic rings. The second-order valence-corrected chi connectivity index (χ2v) is 3.99. The predicted molar refractivity (Wildman–Crippen MR) is 55.4 cm³/mol. The Hall–Kier alpha value is -1.60. The Morgan fingerprint density at radius 1 is 1.27 bits per heavy atom. The van der Waals surface area contributed by atoms with Crippen LogP contribution >= 0.6 is 0 Å². The molecular weight excluding hydrogens is 190 g/mol. The van der Waals surface area contributed by atoms with E-state index in [4.69, 9.17) is 4.74 Å². The number of rotatable bonds is 1. The molecule has 0 saturated carbocycles. The molecule has 3 heteroatoms. The molecule has 1 aliphatic carbocycles. The summed E-state index contributed by atoms with van der Waals surface area (Å²) in [5, 5.41) is 0. The molecule has 2 aliphatic rings. The highest BCUT2D eigenvalue weighted by molar-refractivity contribution is 5.67. The Morgan fingerprint density at radius 3 is 3.07 bits per heavy atom. The van der Waals surface area contributed by atoms with Crippen LogP contribution < -0.4 is 4.74 Å². The largest absolute Gasteiger partial charge is 0.493 e. The van der Waals surface area contributed by atoms with Gasteiger partial charge in [0.25, 0.3) is 0 Å². The molecule has 0 atom stereocenters. The maximum Gasteiger partial charge on any atom is 0.240 e. The van der Waals surface area contributed by atoms with Crippen molar-refractivity contribution >= 4 is 11.8 Å². The van der Waals surface area contributed by atoms with Crippen molar-refractivity contribution < 1.29 is 9.53 Å². The zero-order valence-corrected chi connectivity index (χ0v) is 8.38. The van der Waals surface area contributed by atoms with Gasteiger partial charge in [0.05, 0.1) is 12.3 Å². The highest BCUT2D eigenvalue weighted by Gasteiger charge is 2.24. The summed E-state index contributed by atoms with van der Waals surface area (Å²) in [5.74, 6) is 0.921. The van der Waals surface area contributed by atoms with Gasteiger partial charge in [-0.1, -0.05) is 0 Å². The van der Waals surface area contributed by atoms with Crippen LogP contribution in [0.3, 0.4) is 0 Å². The number of hydrogen-bond acceptors (Lipinski definition) is 3. The summed E-state index contributed by atoms with van der Waals surface area (Å²) >= 11 is 0. The monoisotopic (exact) mass is 201 g/mol. The first-order valence-corrected chi connectivity index (χ1v) is 5.28. The average molecular weight is 201 g/mol. The normalized spacial score (nSPS) is 16.5. The number of hydrogen-bond donors (Lipinski definition) is 0. The van der Waals surface area contributed by atoms with Crippen molar-refractivity contribution in [1.82, 2.24) is 0 Å². The minimum Gasteiger partial charge on any atom is -0.493 e. The molecule has 0 saturated heterocycles. The number of nitrogens with zero attached hydrogens (tertiary/aromatic N) is 1. The minimum atomic E-state index is 0.708. The van der Waals surface area contributed by atoms with Crippen molar-refractivity contribution in [2.24, 2.45) is 4.99 Å². The lowest BCUT2D eigenvalue weighted by atomic mass is 10.0. The summed E-state index contributed by atoms with van der Waals surface area (Å²) < 4.78 is 5.52. The van der Waals surface area contributed by atoms with E-state index in [9.17, 15) is 4.79 Å². The third-order valence-electron chi connectivity index (χ3n) is 3.20. The molecule has 3 rings (SSSR count). The Kier molecular flexibility index (Phi) is 1.86. The van der Waals surface area contributed by atoms with Crippen LogP contribution in [0.2, 0.25) is 0 Å². The lowest BCUT2D eigenvalue weighted by Gasteiger charge is -2.07. The molecule has 0 unspecified atom stereocenters. The summed E-state index contributed by atoms with van der Waals surface area (Å²) in [4.78, 5) is 14.3. The van der Waals surface area contributed by atoms with Crippen LogP contribution in [0.4, 0.5) is 5.69 Å². The fourth-order valence-electron chi connectivity index (χ4n) is 2.56. The van der Waals surface area contributed by atoms with Crippen molar-refractivity contribution in [1.29, 1.82) is 0 Å². The van der Waals surface area contributed by atoms with Gasteiger partial charge in [-0.05, 0) is 36.5 Å². The summed E-state index contributed by atoms with van der Waals surface area (Å²) in [5.41, 5.74) is 4.47. The first kappa shape index (κ1) is 8.69. The molecule has 0 fully saturated rings. The van der Waals surface area contributed by atoms with Crippen molar-refractivity contribution in [3.05, 3.63) is 22.8 Å². The Bertz CT molecular complexity index is 441. The van der Waals surface area contributed by atoms with Gasteiger partial charge < -0.3 is 4.74 Å². The zero-order valence-electron chi connectivity index (χ0n) is 8.38. The lowest BCUT2D eigenvalue weighted by molar-refractivity contribution is 0.356. The van der Waals surface area contributed by atoms with Crippen molar-refractivity contribution in [2.45, 2.75) is 25.7 Å². The van der Waals surface area contributed by atoms with Crippen LogP contribution in [0.15, 0.2) is 11.1 Å². The highest BCUT2D eigenvalue weighted by atomic mass is 16.5. The number of aryl methyl sites for hydroxylation is 1. The molecule has 0 radical (unpaired) electrons. The Labute approximate surface area is 87.8 Å². The van der Waals surface area contributed by atoms with Crippen molar-refractivity contribution in [3.8, 4) is 5.75 Å². The summed E-state index contributed by atoms with van der Waals surface area (Å²) in [6, 6.07) is 2.12. The molecule has 1 heterocycles.